The average Bonchev–Trinajstić information content (AvgIpc) is 2.80. The molecule has 0 bridgehead atoms. The van der Waals surface area contributed by atoms with Crippen molar-refractivity contribution < 1.29 is 17.9 Å². The standard InChI is InChI=1S/C25H38N2O4S/c1-4-6-13-27(14-7-5-2)23-19-21(26-15-17-30-18-16-26)20-24(32(3,28)29)25(23)31-22-11-9-8-10-12-22/h8-11,19-20,22H,4-7,12-18H2,1-3H3. The Balaban J connectivity index is 2.12. The number of hydrogen-bond acceptors (Lipinski definition) is 6. The van der Waals surface area contributed by atoms with Crippen molar-refractivity contribution in [2.45, 2.75) is 57.0 Å². The van der Waals surface area contributed by atoms with Gasteiger partial charge in [0.15, 0.2) is 15.6 Å². The van der Waals surface area contributed by atoms with E-state index in [-0.39, 0.29) is 11.0 Å². The maximum Gasteiger partial charge on any atom is 0.179 e. The molecule has 0 N–H and O–H groups in total. The molecule has 0 aromatic heterocycles. The van der Waals surface area contributed by atoms with E-state index in [2.05, 4.69) is 35.8 Å². The first-order valence-electron chi connectivity index (χ1n) is 11.9. The molecule has 1 heterocycles. The number of sulfone groups is 1. The molecule has 1 unspecified atom stereocenters. The molecule has 3 rings (SSSR count). The van der Waals surface area contributed by atoms with Crippen molar-refractivity contribution in [2.75, 3.05) is 55.4 Å². The van der Waals surface area contributed by atoms with Gasteiger partial charge in [0.1, 0.15) is 11.0 Å². The number of unbranched alkanes of at least 4 members (excludes halogenated alkanes) is 2. The third-order valence-corrected chi connectivity index (χ3v) is 7.01. The Kier molecular flexibility index (Phi) is 9.05. The normalized spacial score (nSPS) is 18.7. The van der Waals surface area contributed by atoms with E-state index in [1.807, 2.05) is 18.2 Å². The molecular formula is C25H38N2O4S. The number of benzene rings is 1. The van der Waals surface area contributed by atoms with Gasteiger partial charge < -0.3 is 19.3 Å². The summed E-state index contributed by atoms with van der Waals surface area (Å²) in [5.74, 6) is 0.488. The van der Waals surface area contributed by atoms with Crippen molar-refractivity contribution in [3.05, 3.63) is 36.4 Å². The van der Waals surface area contributed by atoms with Gasteiger partial charge in [-0.05, 0) is 31.1 Å². The lowest BCUT2D eigenvalue weighted by molar-refractivity contribution is 0.122. The zero-order chi connectivity index (χ0) is 23.0. The highest BCUT2D eigenvalue weighted by Gasteiger charge is 2.27. The predicted octanol–water partition coefficient (Wildman–Crippen LogP) is 4.60. The van der Waals surface area contributed by atoms with Gasteiger partial charge in [-0.25, -0.2) is 8.42 Å². The molecule has 32 heavy (non-hydrogen) atoms. The Bertz CT molecular complexity index is 897. The highest BCUT2D eigenvalue weighted by molar-refractivity contribution is 7.90. The molecule has 1 atom stereocenters. The first kappa shape index (κ1) is 24.6. The van der Waals surface area contributed by atoms with Crippen LogP contribution in [0.25, 0.3) is 0 Å². The topological polar surface area (TPSA) is 59.1 Å². The summed E-state index contributed by atoms with van der Waals surface area (Å²) in [5, 5.41) is 0. The molecule has 0 spiro atoms. The second-order valence-corrected chi connectivity index (χ2v) is 10.5. The number of nitrogens with zero attached hydrogens (tertiary/aromatic N) is 2. The number of anilines is 2. The van der Waals surface area contributed by atoms with E-state index in [1.54, 1.807) is 6.07 Å². The Hall–Kier alpha value is -1.99. The third kappa shape index (κ3) is 6.51. The Morgan fingerprint density at radius 1 is 1.09 bits per heavy atom. The summed E-state index contributed by atoms with van der Waals surface area (Å²) in [7, 11) is -3.49. The predicted molar refractivity (Wildman–Crippen MR) is 132 cm³/mol. The van der Waals surface area contributed by atoms with E-state index in [9.17, 15) is 8.42 Å². The fourth-order valence-corrected chi connectivity index (χ4v) is 4.88. The first-order valence-corrected chi connectivity index (χ1v) is 13.8. The SMILES string of the molecule is CCCCN(CCCC)c1cc(N2CCOCC2)cc(S(C)(=O)=O)c1OC1C=CC=CC1. The molecule has 1 saturated heterocycles. The van der Waals surface area contributed by atoms with Gasteiger partial charge in [0.25, 0.3) is 0 Å². The van der Waals surface area contributed by atoms with Crippen LogP contribution in [0.1, 0.15) is 46.0 Å². The number of morpholine rings is 1. The molecule has 1 aliphatic heterocycles. The van der Waals surface area contributed by atoms with Gasteiger partial charge in [-0.1, -0.05) is 44.9 Å². The zero-order valence-corrected chi connectivity index (χ0v) is 20.6. The maximum absolute atomic E-state index is 13.0. The van der Waals surface area contributed by atoms with Crippen LogP contribution >= 0.6 is 0 Å². The molecular weight excluding hydrogens is 424 g/mol. The van der Waals surface area contributed by atoms with Crippen LogP contribution in [-0.4, -0.2) is 60.2 Å². The van der Waals surface area contributed by atoms with E-state index >= 15 is 0 Å². The van der Waals surface area contributed by atoms with Crippen LogP contribution in [0.4, 0.5) is 11.4 Å². The molecule has 0 saturated carbocycles. The van der Waals surface area contributed by atoms with Crippen molar-refractivity contribution in [1.29, 1.82) is 0 Å². The van der Waals surface area contributed by atoms with E-state index < -0.39 is 9.84 Å². The summed E-state index contributed by atoms with van der Waals surface area (Å²) in [6.45, 7) is 8.92. The summed E-state index contributed by atoms with van der Waals surface area (Å²) in [6, 6.07) is 3.92. The lowest BCUT2D eigenvalue weighted by Gasteiger charge is -2.33. The van der Waals surface area contributed by atoms with Crippen molar-refractivity contribution in [2.24, 2.45) is 0 Å². The quantitative estimate of drug-likeness (QED) is 0.479. The fourth-order valence-electron chi connectivity index (χ4n) is 4.05. The van der Waals surface area contributed by atoms with Gasteiger partial charge in [-0.15, -0.1) is 0 Å². The van der Waals surface area contributed by atoms with Gasteiger partial charge >= 0.3 is 0 Å². The highest BCUT2D eigenvalue weighted by atomic mass is 32.2. The van der Waals surface area contributed by atoms with Crippen LogP contribution in [-0.2, 0) is 14.6 Å². The van der Waals surface area contributed by atoms with Crippen molar-refractivity contribution in [3.8, 4) is 5.75 Å². The third-order valence-electron chi connectivity index (χ3n) is 5.91. The van der Waals surface area contributed by atoms with E-state index in [1.165, 1.54) is 6.26 Å². The summed E-state index contributed by atoms with van der Waals surface area (Å²) in [4.78, 5) is 4.81. The van der Waals surface area contributed by atoms with Crippen LogP contribution < -0.4 is 14.5 Å². The van der Waals surface area contributed by atoms with E-state index in [4.69, 9.17) is 9.47 Å². The zero-order valence-electron chi connectivity index (χ0n) is 19.8. The summed E-state index contributed by atoms with van der Waals surface area (Å²) >= 11 is 0. The number of ether oxygens (including phenoxy) is 2. The minimum absolute atomic E-state index is 0.173. The summed E-state index contributed by atoms with van der Waals surface area (Å²) < 4.78 is 37.9. The second-order valence-electron chi connectivity index (χ2n) is 8.56. The Morgan fingerprint density at radius 2 is 1.78 bits per heavy atom. The van der Waals surface area contributed by atoms with Gasteiger partial charge in [0.05, 0.1) is 18.9 Å². The molecule has 6 nitrogen and oxygen atoms in total. The molecule has 1 aliphatic carbocycles. The van der Waals surface area contributed by atoms with Crippen molar-refractivity contribution >= 4 is 21.2 Å². The smallest absolute Gasteiger partial charge is 0.179 e. The van der Waals surface area contributed by atoms with Crippen LogP contribution in [0.3, 0.4) is 0 Å². The van der Waals surface area contributed by atoms with E-state index in [0.717, 1.165) is 69.7 Å². The van der Waals surface area contributed by atoms with Gasteiger partial charge in [0.2, 0.25) is 0 Å². The van der Waals surface area contributed by atoms with Crippen LogP contribution in [0.5, 0.6) is 5.75 Å². The fraction of sp³-hybridized carbons (Fsp3) is 0.600. The monoisotopic (exact) mass is 462 g/mol. The minimum Gasteiger partial charge on any atom is -0.482 e. The molecule has 178 valence electrons. The summed E-state index contributed by atoms with van der Waals surface area (Å²) in [5.41, 5.74) is 1.81. The molecule has 0 radical (unpaired) electrons. The molecule has 1 fully saturated rings. The number of rotatable bonds is 11. The average molecular weight is 463 g/mol. The highest BCUT2D eigenvalue weighted by Crippen LogP contribution is 2.41. The molecule has 1 aromatic carbocycles. The largest absolute Gasteiger partial charge is 0.482 e. The van der Waals surface area contributed by atoms with Crippen LogP contribution in [0.15, 0.2) is 41.3 Å². The molecule has 7 heteroatoms. The Labute approximate surface area is 193 Å². The van der Waals surface area contributed by atoms with Gasteiger partial charge in [0, 0.05) is 44.5 Å². The number of allylic oxidation sites excluding steroid dienone is 2. The lowest BCUT2D eigenvalue weighted by Crippen LogP contribution is -2.36. The number of hydrogen-bond donors (Lipinski definition) is 0. The Morgan fingerprint density at radius 3 is 2.34 bits per heavy atom. The molecule has 1 aromatic rings. The van der Waals surface area contributed by atoms with Crippen LogP contribution in [0.2, 0.25) is 0 Å². The first-order chi connectivity index (χ1) is 15.4. The summed E-state index contributed by atoms with van der Waals surface area (Å²) in [6.07, 6.45) is 14.1. The maximum atomic E-state index is 13.0. The second kappa shape index (κ2) is 11.8. The molecule has 2 aliphatic rings. The van der Waals surface area contributed by atoms with Crippen molar-refractivity contribution in [1.82, 2.24) is 0 Å². The van der Waals surface area contributed by atoms with Gasteiger partial charge in [-0.2, -0.15) is 0 Å². The van der Waals surface area contributed by atoms with Crippen LogP contribution in [0, 0.1) is 0 Å². The van der Waals surface area contributed by atoms with Crippen molar-refractivity contribution in [3.63, 3.8) is 0 Å². The van der Waals surface area contributed by atoms with E-state index in [0.29, 0.717) is 19.0 Å². The van der Waals surface area contributed by atoms with Gasteiger partial charge in [-0.3, -0.25) is 0 Å². The molecule has 0 amide bonds. The lowest BCUT2D eigenvalue weighted by atomic mass is 10.1. The minimum atomic E-state index is -3.49.